The van der Waals surface area contributed by atoms with Crippen LogP contribution in [-0.2, 0) is 4.79 Å². The Kier molecular flexibility index (Phi) is 4.87. The number of amides is 1. The Balaban J connectivity index is 2.16. The number of rotatable bonds is 3. The van der Waals surface area contributed by atoms with E-state index in [4.69, 9.17) is 10.2 Å². The lowest BCUT2D eigenvalue weighted by Crippen LogP contribution is -2.33. The highest BCUT2D eigenvalue weighted by molar-refractivity contribution is 9.10. The van der Waals surface area contributed by atoms with Gasteiger partial charge in [0.15, 0.2) is 5.11 Å². The molecule has 0 spiro atoms. The molecule has 3 N–H and O–H groups in total. The zero-order valence-electron chi connectivity index (χ0n) is 10.6. The van der Waals surface area contributed by atoms with Crippen LogP contribution in [0.4, 0.5) is 4.39 Å². The standard InChI is InChI=1S/C14H10BrFN2O2S/c15-8-1-4-10(11(16)7-8)12-5-2-9(20-12)3-6-13(19)18-14(17)21/h1-7H,(H3,17,18,19,21)/b6-3+. The minimum Gasteiger partial charge on any atom is -0.457 e. The van der Waals surface area contributed by atoms with Crippen LogP contribution >= 0.6 is 28.1 Å². The highest BCUT2D eigenvalue weighted by atomic mass is 79.9. The summed E-state index contributed by atoms with van der Waals surface area (Å²) in [5.74, 6) is -0.0874. The first kappa shape index (κ1) is 15.4. The average Bonchev–Trinajstić information content (AvgIpc) is 2.84. The molecule has 0 fully saturated rings. The first-order valence-electron chi connectivity index (χ1n) is 5.79. The SMILES string of the molecule is NC(=S)NC(=O)/C=C/c1ccc(-c2ccc(Br)cc2F)o1. The van der Waals surface area contributed by atoms with E-state index in [1.165, 1.54) is 18.2 Å². The lowest BCUT2D eigenvalue weighted by molar-refractivity contribution is -0.115. The van der Waals surface area contributed by atoms with Gasteiger partial charge in [0, 0.05) is 10.5 Å². The molecule has 2 aromatic rings. The van der Waals surface area contributed by atoms with Gasteiger partial charge in [0.25, 0.3) is 0 Å². The molecule has 0 aliphatic rings. The van der Waals surface area contributed by atoms with Crippen LogP contribution in [-0.4, -0.2) is 11.0 Å². The van der Waals surface area contributed by atoms with Crippen molar-refractivity contribution in [3.8, 4) is 11.3 Å². The van der Waals surface area contributed by atoms with E-state index < -0.39 is 11.7 Å². The third kappa shape index (κ3) is 4.24. The van der Waals surface area contributed by atoms with Gasteiger partial charge in [0.1, 0.15) is 17.3 Å². The summed E-state index contributed by atoms with van der Waals surface area (Å²) in [7, 11) is 0. The van der Waals surface area contributed by atoms with Crippen molar-refractivity contribution in [2.24, 2.45) is 5.73 Å². The molecule has 0 atom stereocenters. The Hall–Kier alpha value is -1.99. The number of hydrogen-bond acceptors (Lipinski definition) is 3. The van der Waals surface area contributed by atoms with Crippen molar-refractivity contribution in [3.63, 3.8) is 0 Å². The van der Waals surface area contributed by atoms with Crippen molar-refractivity contribution in [1.82, 2.24) is 5.32 Å². The van der Waals surface area contributed by atoms with Gasteiger partial charge in [-0.05, 0) is 48.6 Å². The van der Waals surface area contributed by atoms with Gasteiger partial charge in [-0.1, -0.05) is 15.9 Å². The number of nitrogens with two attached hydrogens (primary N) is 1. The van der Waals surface area contributed by atoms with Crippen LogP contribution in [0, 0.1) is 5.82 Å². The van der Waals surface area contributed by atoms with E-state index in [9.17, 15) is 9.18 Å². The fraction of sp³-hybridized carbons (Fsp3) is 0. The summed E-state index contributed by atoms with van der Waals surface area (Å²) in [4.78, 5) is 11.3. The third-order valence-electron chi connectivity index (χ3n) is 2.47. The molecule has 2 rings (SSSR count). The molecule has 0 saturated carbocycles. The average molecular weight is 369 g/mol. The van der Waals surface area contributed by atoms with E-state index in [-0.39, 0.29) is 5.11 Å². The fourth-order valence-electron chi connectivity index (χ4n) is 1.60. The lowest BCUT2D eigenvalue weighted by Gasteiger charge is -1.99. The first-order valence-corrected chi connectivity index (χ1v) is 6.99. The maximum absolute atomic E-state index is 13.8. The summed E-state index contributed by atoms with van der Waals surface area (Å²) in [5.41, 5.74) is 5.51. The van der Waals surface area contributed by atoms with Crippen molar-refractivity contribution >= 4 is 45.2 Å². The number of nitrogens with one attached hydrogen (secondary N) is 1. The minimum absolute atomic E-state index is 0.110. The molecule has 1 aromatic heterocycles. The Morgan fingerprint density at radius 2 is 2.14 bits per heavy atom. The number of halogens is 2. The van der Waals surface area contributed by atoms with Crippen molar-refractivity contribution in [1.29, 1.82) is 0 Å². The van der Waals surface area contributed by atoms with E-state index in [0.29, 0.717) is 21.6 Å². The summed E-state index contributed by atoms with van der Waals surface area (Å²) in [6.07, 6.45) is 2.66. The zero-order valence-corrected chi connectivity index (χ0v) is 13.0. The number of furan rings is 1. The maximum Gasteiger partial charge on any atom is 0.250 e. The number of thiocarbonyl (C=S) groups is 1. The first-order chi connectivity index (χ1) is 9.95. The number of carbonyl (C=O) groups excluding carboxylic acids is 1. The molecule has 0 aliphatic carbocycles. The van der Waals surface area contributed by atoms with Gasteiger partial charge < -0.3 is 10.2 Å². The molecular weight excluding hydrogens is 359 g/mol. The van der Waals surface area contributed by atoms with Crippen LogP contribution in [0.2, 0.25) is 0 Å². The quantitative estimate of drug-likeness (QED) is 0.644. The van der Waals surface area contributed by atoms with E-state index in [1.807, 2.05) is 0 Å². The molecule has 108 valence electrons. The Bertz CT molecular complexity index is 728. The van der Waals surface area contributed by atoms with Gasteiger partial charge in [-0.15, -0.1) is 0 Å². The number of benzene rings is 1. The zero-order chi connectivity index (χ0) is 15.4. The van der Waals surface area contributed by atoms with Crippen molar-refractivity contribution in [2.75, 3.05) is 0 Å². The van der Waals surface area contributed by atoms with Crippen LogP contribution in [0.3, 0.4) is 0 Å². The van der Waals surface area contributed by atoms with Gasteiger partial charge >= 0.3 is 0 Å². The Morgan fingerprint density at radius 1 is 1.38 bits per heavy atom. The molecular formula is C14H10BrFN2O2S. The molecule has 7 heteroatoms. The molecule has 1 amide bonds. The van der Waals surface area contributed by atoms with Crippen LogP contribution in [0.1, 0.15) is 5.76 Å². The Morgan fingerprint density at radius 3 is 2.81 bits per heavy atom. The van der Waals surface area contributed by atoms with Crippen LogP contribution < -0.4 is 11.1 Å². The van der Waals surface area contributed by atoms with Crippen LogP contribution in [0.5, 0.6) is 0 Å². The van der Waals surface area contributed by atoms with Crippen molar-refractivity contribution in [3.05, 3.63) is 52.5 Å². The summed E-state index contributed by atoms with van der Waals surface area (Å²) >= 11 is 7.73. The lowest BCUT2D eigenvalue weighted by atomic mass is 10.1. The topological polar surface area (TPSA) is 68.3 Å². The molecule has 21 heavy (non-hydrogen) atoms. The second kappa shape index (κ2) is 6.64. The van der Waals surface area contributed by atoms with Gasteiger partial charge in [0.2, 0.25) is 5.91 Å². The normalized spacial score (nSPS) is 10.8. The molecule has 0 aliphatic heterocycles. The number of carbonyl (C=O) groups is 1. The van der Waals surface area contributed by atoms with Crippen molar-refractivity contribution in [2.45, 2.75) is 0 Å². The van der Waals surface area contributed by atoms with Gasteiger partial charge in [0.05, 0.1) is 5.56 Å². The van der Waals surface area contributed by atoms with E-state index in [2.05, 4.69) is 33.5 Å². The third-order valence-corrected chi connectivity index (χ3v) is 3.06. The molecule has 0 unspecified atom stereocenters. The Labute approximate surface area is 133 Å². The molecule has 4 nitrogen and oxygen atoms in total. The van der Waals surface area contributed by atoms with E-state index in [0.717, 1.165) is 0 Å². The van der Waals surface area contributed by atoms with Crippen LogP contribution in [0.15, 0.2) is 45.3 Å². The van der Waals surface area contributed by atoms with Crippen LogP contribution in [0.25, 0.3) is 17.4 Å². The van der Waals surface area contributed by atoms with Gasteiger partial charge in [-0.3, -0.25) is 10.1 Å². The smallest absolute Gasteiger partial charge is 0.250 e. The van der Waals surface area contributed by atoms with E-state index in [1.54, 1.807) is 24.3 Å². The summed E-state index contributed by atoms with van der Waals surface area (Å²) in [6.45, 7) is 0. The van der Waals surface area contributed by atoms with Crippen molar-refractivity contribution < 1.29 is 13.6 Å². The van der Waals surface area contributed by atoms with E-state index >= 15 is 0 Å². The van der Waals surface area contributed by atoms with Gasteiger partial charge in [-0.25, -0.2) is 4.39 Å². The fourth-order valence-corrected chi connectivity index (χ4v) is 2.03. The largest absolute Gasteiger partial charge is 0.457 e. The molecule has 0 saturated heterocycles. The highest BCUT2D eigenvalue weighted by Gasteiger charge is 2.09. The summed E-state index contributed by atoms with van der Waals surface area (Å²) < 4.78 is 19.9. The molecule has 0 radical (unpaired) electrons. The number of hydrogen-bond donors (Lipinski definition) is 2. The summed E-state index contributed by atoms with van der Waals surface area (Å²) in [5, 5.41) is 2.13. The second-order valence-corrected chi connectivity index (χ2v) is 5.37. The highest BCUT2D eigenvalue weighted by Crippen LogP contribution is 2.27. The molecule has 0 bridgehead atoms. The predicted octanol–water partition coefficient (Wildman–Crippen LogP) is 3.22. The minimum atomic E-state index is -0.463. The molecule has 1 aromatic carbocycles. The summed E-state index contributed by atoms with van der Waals surface area (Å²) in [6, 6.07) is 7.92. The predicted molar refractivity (Wildman–Crippen MR) is 85.8 cm³/mol. The van der Waals surface area contributed by atoms with Gasteiger partial charge in [-0.2, -0.15) is 0 Å². The molecule has 1 heterocycles. The second-order valence-electron chi connectivity index (χ2n) is 4.01. The monoisotopic (exact) mass is 368 g/mol. The maximum atomic E-state index is 13.8.